The lowest BCUT2D eigenvalue weighted by Crippen LogP contribution is -2.18. The first-order valence-electron chi connectivity index (χ1n) is 6.53. The minimum absolute atomic E-state index is 0.553. The molecule has 0 spiro atoms. The first-order valence-corrected chi connectivity index (χ1v) is 6.53. The maximum absolute atomic E-state index is 5.20. The third-order valence-corrected chi connectivity index (χ3v) is 2.87. The molecular formula is C14H20N4O2. The van der Waals surface area contributed by atoms with E-state index in [0.717, 1.165) is 23.5 Å². The Kier molecular flexibility index (Phi) is 5.67. The monoisotopic (exact) mass is 276 g/mol. The van der Waals surface area contributed by atoms with Crippen molar-refractivity contribution >= 4 is 0 Å². The maximum atomic E-state index is 5.20. The molecule has 1 N–H and O–H groups in total. The fourth-order valence-corrected chi connectivity index (χ4v) is 1.90. The zero-order chi connectivity index (χ0) is 14.2. The summed E-state index contributed by atoms with van der Waals surface area (Å²) in [5.41, 5.74) is 2.97. The Balaban J connectivity index is 2.04. The van der Waals surface area contributed by atoms with Crippen LogP contribution in [-0.4, -0.2) is 42.4 Å². The Morgan fingerprint density at radius 2 is 2.05 bits per heavy atom. The summed E-state index contributed by atoms with van der Waals surface area (Å²) in [6, 6.07) is 8.00. The largest absolute Gasteiger partial charge is 0.383 e. The molecule has 0 saturated carbocycles. The lowest BCUT2D eigenvalue weighted by Gasteiger charge is -2.07. The minimum Gasteiger partial charge on any atom is -0.383 e. The van der Waals surface area contributed by atoms with Crippen LogP contribution in [-0.2, 0) is 22.6 Å². The fourth-order valence-electron chi connectivity index (χ4n) is 1.90. The molecule has 0 bridgehead atoms. The second-order valence-corrected chi connectivity index (χ2v) is 4.39. The van der Waals surface area contributed by atoms with Crippen LogP contribution in [0.5, 0.6) is 0 Å². The quantitative estimate of drug-likeness (QED) is 0.733. The number of ether oxygens (including phenoxy) is 2. The van der Waals surface area contributed by atoms with Crippen molar-refractivity contribution in [2.24, 2.45) is 0 Å². The van der Waals surface area contributed by atoms with Gasteiger partial charge in [0.25, 0.3) is 0 Å². The van der Waals surface area contributed by atoms with E-state index < -0.39 is 0 Å². The average molecular weight is 276 g/mol. The lowest BCUT2D eigenvalue weighted by atomic mass is 10.2. The van der Waals surface area contributed by atoms with Crippen LogP contribution in [0.1, 0.15) is 11.3 Å². The lowest BCUT2D eigenvalue weighted by molar-refractivity contribution is 0.184. The highest BCUT2D eigenvalue weighted by molar-refractivity contribution is 5.39. The number of para-hydroxylation sites is 1. The van der Waals surface area contributed by atoms with Gasteiger partial charge in [-0.2, -0.15) is 0 Å². The van der Waals surface area contributed by atoms with Gasteiger partial charge in [0.2, 0.25) is 0 Å². The van der Waals surface area contributed by atoms with E-state index in [1.807, 2.05) is 30.5 Å². The summed E-state index contributed by atoms with van der Waals surface area (Å²) >= 11 is 0. The average Bonchev–Trinajstić information content (AvgIpc) is 2.93. The highest BCUT2D eigenvalue weighted by Crippen LogP contribution is 2.14. The molecule has 20 heavy (non-hydrogen) atoms. The molecule has 0 radical (unpaired) electrons. The van der Waals surface area contributed by atoms with Gasteiger partial charge in [-0.05, 0) is 6.07 Å². The maximum Gasteiger partial charge on any atom is 0.0969 e. The fraction of sp³-hybridized carbons (Fsp3) is 0.429. The van der Waals surface area contributed by atoms with E-state index in [2.05, 4.69) is 15.6 Å². The summed E-state index contributed by atoms with van der Waals surface area (Å²) in [5.74, 6) is 0. The van der Waals surface area contributed by atoms with Crippen molar-refractivity contribution in [2.45, 2.75) is 13.2 Å². The van der Waals surface area contributed by atoms with Gasteiger partial charge in [0.05, 0.1) is 30.8 Å². The van der Waals surface area contributed by atoms with Crippen LogP contribution in [0.4, 0.5) is 0 Å². The van der Waals surface area contributed by atoms with Crippen molar-refractivity contribution in [3.63, 3.8) is 0 Å². The van der Waals surface area contributed by atoms with E-state index in [9.17, 15) is 0 Å². The number of hydrogen-bond acceptors (Lipinski definition) is 5. The Morgan fingerprint density at radius 3 is 2.85 bits per heavy atom. The molecule has 108 valence electrons. The Bertz CT molecular complexity index is 527. The Labute approximate surface area is 118 Å². The molecule has 6 nitrogen and oxygen atoms in total. The van der Waals surface area contributed by atoms with Crippen LogP contribution in [0.25, 0.3) is 5.69 Å². The normalized spacial score (nSPS) is 10.9. The van der Waals surface area contributed by atoms with Gasteiger partial charge < -0.3 is 14.8 Å². The molecule has 0 saturated heterocycles. The number of rotatable bonds is 8. The summed E-state index contributed by atoms with van der Waals surface area (Å²) in [5, 5.41) is 11.6. The number of nitrogens with one attached hydrogen (secondary N) is 1. The van der Waals surface area contributed by atoms with Gasteiger partial charge in [-0.3, -0.25) is 0 Å². The predicted octanol–water partition coefficient (Wildman–Crippen LogP) is 1.15. The molecule has 2 rings (SSSR count). The molecule has 0 amide bonds. The topological polar surface area (TPSA) is 61.2 Å². The molecule has 2 aromatic rings. The second kappa shape index (κ2) is 7.74. The molecular weight excluding hydrogens is 256 g/mol. The first-order chi connectivity index (χ1) is 9.85. The number of methoxy groups -OCH3 is 2. The third-order valence-electron chi connectivity index (χ3n) is 2.87. The number of aromatic nitrogens is 3. The van der Waals surface area contributed by atoms with Crippen molar-refractivity contribution in [1.82, 2.24) is 20.3 Å². The number of benzene rings is 1. The van der Waals surface area contributed by atoms with Crippen LogP contribution in [0, 0.1) is 0 Å². The zero-order valence-electron chi connectivity index (χ0n) is 11.9. The number of nitrogens with zero attached hydrogens (tertiary/aromatic N) is 3. The van der Waals surface area contributed by atoms with E-state index in [4.69, 9.17) is 9.47 Å². The summed E-state index contributed by atoms with van der Waals surface area (Å²) < 4.78 is 12.0. The predicted molar refractivity (Wildman–Crippen MR) is 75.7 cm³/mol. The van der Waals surface area contributed by atoms with Crippen molar-refractivity contribution in [3.8, 4) is 5.69 Å². The molecule has 0 aliphatic carbocycles. The first kappa shape index (κ1) is 14.6. The van der Waals surface area contributed by atoms with Crippen LogP contribution >= 0.6 is 0 Å². The van der Waals surface area contributed by atoms with Gasteiger partial charge in [0, 0.05) is 32.9 Å². The van der Waals surface area contributed by atoms with Crippen LogP contribution in [0.2, 0.25) is 0 Å². The van der Waals surface area contributed by atoms with Crippen molar-refractivity contribution in [1.29, 1.82) is 0 Å². The van der Waals surface area contributed by atoms with Gasteiger partial charge in [0.15, 0.2) is 0 Å². The van der Waals surface area contributed by atoms with Crippen LogP contribution in [0.3, 0.4) is 0 Å². The van der Waals surface area contributed by atoms with E-state index in [0.29, 0.717) is 19.8 Å². The van der Waals surface area contributed by atoms with Gasteiger partial charge in [-0.15, -0.1) is 5.10 Å². The minimum atomic E-state index is 0.553. The number of hydrogen-bond donors (Lipinski definition) is 1. The van der Waals surface area contributed by atoms with E-state index >= 15 is 0 Å². The molecule has 1 aromatic heterocycles. The van der Waals surface area contributed by atoms with Crippen molar-refractivity contribution < 1.29 is 9.47 Å². The van der Waals surface area contributed by atoms with Gasteiger partial charge in [0.1, 0.15) is 0 Å². The zero-order valence-corrected chi connectivity index (χ0v) is 11.9. The van der Waals surface area contributed by atoms with E-state index in [-0.39, 0.29) is 0 Å². The summed E-state index contributed by atoms with van der Waals surface area (Å²) in [4.78, 5) is 0. The molecule has 1 heterocycles. The SMILES string of the molecule is COCCNCc1cn(-c2ccccc2COC)nn1. The van der Waals surface area contributed by atoms with E-state index in [1.54, 1.807) is 18.9 Å². The molecule has 0 atom stereocenters. The van der Waals surface area contributed by atoms with E-state index in [1.165, 1.54) is 0 Å². The smallest absolute Gasteiger partial charge is 0.0969 e. The third kappa shape index (κ3) is 3.86. The second-order valence-electron chi connectivity index (χ2n) is 4.39. The van der Waals surface area contributed by atoms with Gasteiger partial charge in [-0.1, -0.05) is 23.4 Å². The van der Waals surface area contributed by atoms with Crippen LogP contribution < -0.4 is 5.32 Å². The van der Waals surface area contributed by atoms with Crippen molar-refractivity contribution in [3.05, 3.63) is 41.7 Å². The highest BCUT2D eigenvalue weighted by atomic mass is 16.5. The molecule has 0 fully saturated rings. The molecule has 0 aliphatic rings. The molecule has 1 aromatic carbocycles. The summed E-state index contributed by atoms with van der Waals surface area (Å²) in [7, 11) is 3.37. The highest BCUT2D eigenvalue weighted by Gasteiger charge is 2.07. The van der Waals surface area contributed by atoms with Gasteiger partial charge in [-0.25, -0.2) is 4.68 Å². The summed E-state index contributed by atoms with van der Waals surface area (Å²) in [6.07, 6.45) is 1.92. The summed E-state index contributed by atoms with van der Waals surface area (Å²) in [6.45, 7) is 2.71. The standard InChI is InChI=1S/C14H20N4O2/c1-19-8-7-15-9-13-10-18(17-16-13)14-6-4-3-5-12(14)11-20-2/h3-6,10,15H,7-9,11H2,1-2H3. The van der Waals surface area contributed by atoms with Crippen molar-refractivity contribution in [2.75, 3.05) is 27.4 Å². The van der Waals surface area contributed by atoms with Crippen LogP contribution in [0.15, 0.2) is 30.5 Å². The van der Waals surface area contributed by atoms with Gasteiger partial charge >= 0.3 is 0 Å². The Hall–Kier alpha value is -1.76. The molecule has 0 unspecified atom stereocenters. The molecule has 6 heteroatoms. The Morgan fingerprint density at radius 1 is 1.20 bits per heavy atom. The molecule has 0 aliphatic heterocycles.